The van der Waals surface area contributed by atoms with Crippen molar-refractivity contribution in [2.24, 2.45) is 5.92 Å². The van der Waals surface area contributed by atoms with Crippen LogP contribution in [0.4, 0.5) is 8.78 Å². The number of furan rings is 1. The second-order valence-electron chi connectivity index (χ2n) is 7.25. The van der Waals surface area contributed by atoms with Crippen molar-refractivity contribution in [3.8, 4) is 11.5 Å². The standard InChI is InChI=1S/C22H24F2O3/c1-3-5-13-6-7-14(12-13)26-18-11-9-16-15-8-10-17(25-4-2)19(23)21(15)27-22(16)20(18)24/h8-11,13-14H,3-7,12H2,1-2H3. The van der Waals surface area contributed by atoms with E-state index in [1.807, 2.05) is 0 Å². The Morgan fingerprint density at radius 1 is 0.963 bits per heavy atom. The molecule has 144 valence electrons. The topological polar surface area (TPSA) is 31.6 Å². The van der Waals surface area contributed by atoms with Crippen molar-refractivity contribution in [3.63, 3.8) is 0 Å². The van der Waals surface area contributed by atoms with E-state index in [-0.39, 0.29) is 28.8 Å². The van der Waals surface area contributed by atoms with Crippen LogP contribution < -0.4 is 9.47 Å². The summed E-state index contributed by atoms with van der Waals surface area (Å²) in [4.78, 5) is 0. The third-order valence-corrected chi connectivity index (χ3v) is 5.40. The summed E-state index contributed by atoms with van der Waals surface area (Å²) in [5.41, 5.74) is 0.0361. The molecule has 27 heavy (non-hydrogen) atoms. The largest absolute Gasteiger partial charge is 0.491 e. The van der Waals surface area contributed by atoms with Crippen molar-refractivity contribution >= 4 is 21.9 Å². The molecule has 1 saturated carbocycles. The molecular formula is C22H24F2O3. The Morgan fingerprint density at radius 3 is 2.30 bits per heavy atom. The number of rotatable bonds is 6. The van der Waals surface area contributed by atoms with E-state index in [1.165, 1.54) is 6.42 Å². The first-order valence-corrected chi connectivity index (χ1v) is 9.75. The van der Waals surface area contributed by atoms with Crippen LogP contribution in [0, 0.1) is 17.6 Å². The third kappa shape index (κ3) is 3.24. The minimum absolute atomic E-state index is 0.0101. The van der Waals surface area contributed by atoms with Crippen LogP contribution in [-0.2, 0) is 0 Å². The molecule has 0 radical (unpaired) electrons. The van der Waals surface area contributed by atoms with Gasteiger partial charge in [-0.3, -0.25) is 0 Å². The molecule has 0 saturated heterocycles. The Morgan fingerprint density at radius 2 is 1.63 bits per heavy atom. The Balaban J connectivity index is 1.67. The van der Waals surface area contributed by atoms with Crippen LogP contribution >= 0.6 is 0 Å². The van der Waals surface area contributed by atoms with E-state index in [0.717, 1.165) is 25.7 Å². The highest BCUT2D eigenvalue weighted by molar-refractivity contribution is 6.06. The lowest BCUT2D eigenvalue weighted by Gasteiger charge is -2.14. The molecule has 3 nitrogen and oxygen atoms in total. The fraction of sp³-hybridized carbons (Fsp3) is 0.455. The van der Waals surface area contributed by atoms with Gasteiger partial charge in [0.2, 0.25) is 11.6 Å². The van der Waals surface area contributed by atoms with Crippen molar-refractivity contribution in [2.45, 2.75) is 52.1 Å². The van der Waals surface area contributed by atoms with Crippen LogP contribution in [0.3, 0.4) is 0 Å². The number of hydrogen-bond acceptors (Lipinski definition) is 3. The third-order valence-electron chi connectivity index (χ3n) is 5.40. The van der Waals surface area contributed by atoms with E-state index in [0.29, 0.717) is 23.3 Å². The van der Waals surface area contributed by atoms with Gasteiger partial charge in [0.15, 0.2) is 22.7 Å². The molecule has 1 heterocycles. The van der Waals surface area contributed by atoms with E-state index >= 15 is 4.39 Å². The minimum atomic E-state index is -0.606. The van der Waals surface area contributed by atoms with Gasteiger partial charge < -0.3 is 13.9 Å². The predicted octanol–water partition coefficient (Wildman–Crippen LogP) is 6.61. The minimum Gasteiger partial charge on any atom is -0.491 e. The highest BCUT2D eigenvalue weighted by Gasteiger charge is 2.27. The summed E-state index contributed by atoms with van der Waals surface area (Å²) in [5.74, 6) is -0.238. The van der Waals surface area contributed by atoms with Gasteiger partial charge in [-0.15, -0.1) is 0 Å². The molecule has 1 aliphatic rings. The van der Waals surface area contributed by atoms with Gasteiger partial charge in [0.1, 0.15) is 0 Å². The molecule has 2 atom stereocenters. The maximum absolute atomic E-state index is 15.0. The smallest absolute Gasteiger partial charge is 0.208 e. The maximum Gasteiger partial charge on any atom is 0.208 e. The molecule has 0 bridgehead atoms. The Kier molecular flexibility index (Phi) is 4.94. The molecule has 2 aromatic carbocycles. The molecule has 1 aliphatic carbocycles. The summed E-state index contributed by atoms with van der Waals surface area (Å²) < 4.78 is 46.4. The lowest BCUT2D eigenvalue weighted by molar-refractivity contribution is 0.194. The summed E-state index contributed by atoms with van der Waals surface area (Å²) in [7, 11) is 0. The first kappa shape index (κ1) is 18.1. The zero-order chi connectivity index (χ0) is 19.0. The van der Waals surface area contributed by atoms with Crippen molar-refractivity contribution in [3.05, 3.63) is 35.9 Å². The van der Waals surface area contributed by atoms with Crippen molar-refractivity contribution in [1.82, 2.24) is 0 Å². The molecule has 5 heteroatoms. The highest BCUT2D eigenvalue weighted by Crippen LogP contribution is 2.39. The van der Waals surface area contributed by atoms with Crippen LogP contribution in [-0.4, -0.2) is 12.7 Å². The van der Waals surface area contributed by atoms with Gasteiger partial charge in [0.05, 0.1) is 12.7 Å². The summed E-state index contributed by atoms with van der Waals surface area (Å²) in [6.07, 6.45) is 5.39. The van der Waals surface area contributed by atoms with Gasteiger partial charge in [-0.25, -0.2) is 0 Å². The second-order valence-corrected chi connectivity index (χ2v) is 7.25. The first-order chi connectivity index (χ1) is 13.1. The Labute approximate surface area is 157 Å². The lowest BCUT2D eigenvalue weighted by Crippen LogP contribution is -2.13. The van der Waals surface area contributed by atoms with Crippen molar-refractivity contribution in [1.29, 1.82) is 0 Å². The van der Waals surface area contributed by atoms with E-state index in [4.69, 9.17) is 13.9 Å². The average Bonchev–Trinajstić information content (AvgIpc) is 3.25. The molecule has 1 fully saturated rings. The van der Waals surface area contributed by atoms with Crippen molar-refractivity contribution in [2.75, 3.05) is 6.61 Å². The zero-order valence-electron chi connectivity index (χ0n) is 15.7. The van der Waals surface area contributed by atoms with Gasteiger partial charge in [-0.1, -0.05) is 19.8 Å². The van der Waals surface area contributed by atoms with Crippen LogP contribution in [0.2, 0.25) is 0 Å². The van der Waals surface area contributed by atoms with Crippen LogP contribution in [0.25, 0.3) is 21.9 Å². The van der Waals surface area contributed by atoms with E-state index < -0.39 is 11.6 Å². The summed E-state index contributed by atoms with van der Waals surface area (Å²) in [5, 5.41) is 1.06. The van der Waals surface area contributed by atoms with Crippen LogP contribution in [0.1, 0.15) is 46.0 Å². The highest BCUT2D eigenvalue weighted by atomic mass is 19.1. The van der Waals surface area contributed by atoms with Gasteiger partial charge in [-0.05, 0) is 56.4 Å². The lowest BCUT2D eigenvalue weighted by atomic mass is 10.0. The van der Waals surface area contributed by atoms with Gasteiger partial charge >= 0.3 is 0 Å². The Hall–Kier alpha value is -2.30. The van der Waals surface area contributed by atoms with E-state index in [9.17, 15) is 4.39 Å². The molecule has 4 rings (SSSR count). The quantitative estimate of drug-likeness (QED) is 0.486. The Bertz CT molecular complexity index is 963. The summed E-state index contributed by atoms with van der Waals surface area (Å²) in [6, 6.07) is 6.60. The molecule has 0 spiro atoms. The molecule has 3 aromatic rings. The normalized spacial score (nSPS) is 19.9. The molecule has 1 aromatic heterocycles. The summed E-state index contributed by atoms with van der Waals surface area (Å²) in [6.45, 7) is 4.30. The van der Waals surface area contributed by atoms with E-state index in [1.54, 1.807) is 31.2 Å². The molecule has 0 aliphatic heterocycles. The predicted molar refractivity (Wildman–Crippen MR) is 101 cm³/mol. The SMILES string of the molecule is CCCC1CCC(Oc2ccc3c(oc4c(F)c(OCC)ccc43)c2F)C1. The number of hydrogen-bond donors (Lipinski definition) is 0. The molecule has 0 N–H and O–H groups in total. The average molecular weight is 374 g/mol. The first-order valence-electron chi connectivity index (χ1n) is 9.75. The van der Waals surface area contributed by atoms with Gasteiger partial charge in [0, 0.05) is 10.8 Å². The summed E-state index contributed by atoms with van der Waals surface area (Å²) >= 11 is 0. The van der Waals surface area contributed by atoms with Crippen LogP contribution in [0.5, 0.6) is 11.5 Å². The number of ether oxygens (including phenoxy) is 2. The fourth-order valence-electron chi connectivity index (χ4n) is 4.15. The monoisotopic (exact) mass is 374 g/mol. The molecule has 2 unspecified atom stereocenters. The molecule has 0 amide bonds. The number of halogens is 2. The van der Waals surface area contributed by atoms with Crippen LogP contribution in [0.15, 0.2) is 28.7 Å². The van der Waals surface area contributed by atoms with Gasteiger partial charge in [-0.2, -0.15) is 8.78 Å². The van der Waals surface area contributed by atoms with Crippen molar-refractivity contribution < 1.29 is 22.7 Å². The number of fused-ring (bicyclic) bond motifs is 3. The van der Waals surface area contributed by atoms with Gasteiger partial charge in [0.25, 0.3) is 0 Å². The fourth-order valence-corrected chi connectivity index (χ4v) is 4.15. The second kappa shape index (κ2) is 7.37. The molecular weight excluding hydrogens is 350 g/mol. The number of benzene rings is 2. The zero-order valence-corrected chi connectivity index (χ0v) is 15.7. The van der Waals surface area contributed by atoms with E-state index in [2.05, 4.69) is 6.92 Å². The maximum atomic E-state index is 15.0.